The minimum absolute atomic E-state index is 0.0856. The molecule has 1 aliphatic carbocycles. The van der Waals surface area contributed by atoms with Gasteiger partial charge in [-0.15, -0.1) is 0 Å². The van der Waals surface area contributed by atoms with Crippen molar-refractivity contribution in [1.82, 2.24) is 14.9 Å². The van der Waals surface area contributed by atoms with Crippen molar-refractivity contribution in [3.05, 3.63) is 18.2 Å². The number of nitrogens with zero attached hydrogens (tertiary/aromatic N) is 2. The third-order valence-electron chi connectivity index (χ3n) is 3.98. The molecule has 0 radical (unpaired) electrons. The van der Waals surface area contributed by atoms with Gasteiger partial charge in [-0.25, -0.2) is 4.98 Å². The largest absolute Gasteiger partial charge is 0.459 e. The molecule has 8 heteroatoms. The van der Waals surface area contributed by atoms with Gasteiger partial charge in [0.15, 0.2) is 0 Å². The van der Waals surface area contributed by atoms with E-state index in [0.29, 0.717) is 12.8 Å². The molecule has 1 fully saturated rings. The van der Waals surface area contributed by atoms with Gasteiger partial charge in [-0.05, 0) is 33.6 Å². The van der Waals surface area contributed by atoms with Gasteiger partial charge in [0.1, 0.15) is 23.5 Å². The van der Waals surface area contributed by atoms with Gasteiger partial charge in [0.2, 0.25) is 0 Å². The van der Waals surface area contributed by atoms with Crippen LogP contribution in [0.3, 0.4) is 0 Å². The van der Waals surface area contributed by atoms with Crippen LogP contribution in [0.15, 0.2) is 12.4 Å². The van der Waals surface area contributed by atoms with Crippen LogP contribution in [0.25, 0.3) is 0 Å². The number of nitrogens with one attached hydrogen (secondary N) is 1. The molecule has 1 heterocycles. The average Bonchev–Trinajstić information content (AvgIpc) is 3.02. The first kappa shape index (κ1) is 18.8. The Labute approximate surface area is 139 Å². The molecule has 24 heavy (non-hydrogen) atoms. The number of alkyl halides is 3. The van der Waals surface area contributed by atoms with Crippen molar-refractivity contribution in [2.24, 2.45) is 0 Å². The number of hydrogen-bond donors (Lipinski definition) is 1. The molecule has 0 saturated heterocycles. The molecule has 1 N–H and O–H groups in total. The quantitative estimate of drug-likeness (QED) is 0.831. The summed E-state index contributed by atoms with van der Waals surface area (Å²) in [5.74, 6) is -0.0939. The van der Waals surface area contributed by atoms with Crippen LogP contribution < -0.4 is 5.32 Å². The molecule has 0 aromatic carbocycles. The molecule has 0 bridgehead atoms. The third kappa shape index (κ3) is 4.96. The van der Waals surface area contributed by atoms with E-state index >= 15 is 0 Å². The summed E-state index contributed by atoms with van der Waals surface area (Å²) in [7, 11) is 0. The van der Waals surface area contributed by atoms with E-state index in [4.69, 9.17) is 4.74 Å². The van der Waals surface area contributed by atoms with Gasteiger partial charge in [-0.3, -0.25) is 10.1 Å². The van der Waals surface area contributed by atoms with Crippen LogP contribution in [0.5, 0.6) is 0 Å². The molecule has 1 aliphatic rings. The first-order chi connectivity index (χ1) is 11.0. The van der Waals surface area contributed by atoms with Crippen molar-refractivity contribution >= 4 is 5.97 Å². The van der Waals surface area contributed by atoms with Gasteiger partial charge in [0, 0.05) is 12.4 Å². The van der Waals surface area contributed by atoms with Crippen molar-refractivity contribution < 1.29 is 22.7 Å². The highest BCUT2D eigenvalue weighted by atomic mass is 19.4. The van der Waals surface area contributed by atoms with Crippen LogP contribution in [0.2, 0.25) is 0 Å². The zero-order chi connectivity index (χ0) is 18.0. The van der Waals surface area contributed by atoms with E-state index in [1.165, 1.54) is 12.4 Å². The Kier molecular flexibility index (Phi) is 5.27. The fourth-order valence-electron chi connectivity index (χ4n) is 2.90. The van der Waals surface area contributed by atoms with Crippen LogP contribution in [-0.2, 0) is 22.6 Å². The van der Waals surface area contributed by atoms with Crippen molar-refractivity contribution in [3.63, 3.8) is 0 Å². The molecule has 1 aromatic heterocycles. The van der Waals surface area contributed by atoms with Crippen LogP contribution in [0.1, 0.15) is 52.3 Å². The van der Waals surface area contributed by atoms with Gasteiger partial charge in [-0.2, -0.15) is 13.2 Å². The minimum atomic E-state index is -4.31. The van der Waals surface area contributed by atoms with Crippen molar-refractivity contribution in [3.8, 4) is 0 Å². The molecule has 5 nitrogen and oxygen atoms in total. The summed E-state index contributed by atoms with van der Waals surface area (Å²) in [6.45, 7) is 4.38. The van der Waals surface area contributed by atoms with Crippen LogP contribution in [0, 0.1) is 0 Å². The van der Waals surface area contributed by atoms with Crippen molar-refractivity contribution in [1.29, 1.82) is 0 Å². The van der Waals surface area contributed by atoms with Gasteiger partial charge in [0.05, 0.1) is 6.54 Å². The highest BCUT2D eigenvalue weighted by Crippen LogP contribution is 2.32. The first-order valence-electron chi connectivity index (χ1n) is 8.06. The predicted octanol–water partition coefficient (Wildman–Crippen LogP) is 3.19. The molecule has 0 spiro atoms. The summed E-state index contributed by atoms with van der Waals surface area (Å²) in [5, 5.41) is 3.12. The van der Waals surface area contributed by atoms with Gasteiger partial charge >= 0.3 is 12.1 Å². The Morgan fingerprint density at radius 1 is 1.33 bits per heavy atom. The Morgan fingerprint density at radius 2 is 1.96 bits per heavy atom. The highest BCUT2D eigenvalue weighted by Gasteiger charge is 2.44. The normalized spacial score (nSPS) is 17.9. The molecule has 1 aromatic rings. The fourth-order valence-corrected chi connectivity index (χ4v) is 2.90. The Hall–Kier alpha value is -1.57. The second kappa shape index (κ2) is 6.74. The molecule has 0 aliphatic heterocycles. The molecular formula is C16H24F3N3O2. The summed E-state index contributed by atoms with van der Waals surface area (Å²) in [6.07, 6.45) is 1.29. The highest BCUT2D eigenvalue weighted by molar-refractivity contribution is 5.81. The second-order valence-corrected chi connectivity index (χ2v) is 7.23. The number of aromatic nitrogens is 2. The van der Waals surface area contributed by atoms with Gasteiger partial charge in [-0.1, -0.05) is 12.8 Å². The Balaban J connectivity index is 2.08. The van der Waals surface area contributed by atoms with E-state index in [9.17, 15) is 18.0 Å². The second-order valence-electron chi connectivity index (χ2n) is 7.23. The monoisotopic (exact) mass is 347 g/mol. The SMILES string of the molecule is CC(C)(C)OC(=O)C1(NCc2nccn2CC(F)(F)F)CCCC1. The average molecular weight is 347 g/mol. The van der Waals surface area contributed by atoms with Crippen LogP contribution >= 0.6 is 0 Å². The van der Waals surface area contributed by atoms with Gasteiger partial charge in [0.25, 0.3) is 0 Å². The zero-order valence-electron chi connectivity index (χ0n) is 14.2. The van der Waals surface area contributed by atoms with E-state index in [1.807, 2.05) is 0 Å². The number of halogens is 3. The molecule has 2 rings (SSSR count). The summed E-state index contributed by atoms with van der Waals surface area (Å²) in [6, 6.07) is 0. The summed E-state index contributed by atoms with van der Waals surface area (Å²) in [5.41, 5.74) is -1.45. The molecular weight excluding hydrogens is 323 g/mol. The lowest BCUT2D eigenvalue weighted by atomic mass is 9.97. The standard InChI is InChI=1S/C16H24F3N3O2/c1-14(2,3)24-13(23)15(6-4-5-7-15)21-10-12-20-8-9-22(12)11-16(17,18)19/h8-9,21H,4-7,10-11H2,1-3H3. The number of carbonyl (C=O) groups is 1. The van der Waals surface area contributed by atoms with Crippen molar-refractivity contribution in [2.75, 3.05) is 0 Å². The summed E-state index contributed by atoms with van der Waals surface area (Å²) >= 11 is 0. The maximum absolute atomic E-state index is 12.6. The fraction of sp³-hybridized carbons (Fsp3) is 0.750. The predicted molar refractivity (Wildman–Crippen MR) is 82.2 cm³/mol. The number of imidazole rings is 1. The zero-order valence-corrected chi connectivity index (χ0v) is 14.2. The number of ether oxygens (including phenoxy) is 1. The van der Waals surface area contributed by atoms with Gasteiger partial charge < -0.3 is 9.30 Å². The van der Waals surface area contributed by atoms with E-state index < -0.39 is 23.9 Å². The first-order valence-corrected chi connectivity index (χ1v) is 8.06. The number of esters is 1. The molecule has 0 amide bonds. The maximum atomic E-state index is 12.6. The summed E-state index contributed by atoms with van der Waals surface area (Å²) in [4.78, 5) is 16.5. The maximum Gasteiger partial charge on any atom is 0.406 e. The Bertz CT molecular complexity index is 570. The summed E-state index contributed by atoms with van der Waals surface area (Å²) < 4.78 is 44.3. The lowest BCUT2D eigenvalue weighted by molar-refractivity contribution is -0.163. The molecule has 0 atom stereocenters. The molecule has 0 unspecified atom stereocenters. The third-order valence-corrected chi connectivity index (χ3v) is 3.98. The molecule has 1 saturated carbocycles. The number of rotatable bonds is 5. The van der Waals surface area contributed by atoms with E-state index in [2.05, 4.69) is 10.3 Å². The number of hydrogen-bond acceptors (Lipinski definition) is 4. The topological polar surface area (TPSA) is 56.1 Å². The van der Waals surface area contributed by atoms with E-state index in [0.717, 1.165) is 17.4 Å². The lowest BCUT2D eigenvalue weighted by Gasteiger charge is -2.32. The van der Waals surface area contributed by atoms with Crippen LogP contribution in [0.4, 0.5) is 13.2 Å². The van der Waals surface area contributed by atoms with E-state index in [1.54, 1.807) is 20.8 Å². The van der Waals surface area contributed by atoms with E-state index in [-0.39, 0.29) is 18.3 Å². The smallest absolute Gasteiger partial charge is 0.406 e. The number of carbonyl (C=O) groups excluding carboxylic acids is 1. The lowest BCUT2D eigenvalue weighted by Crippen LogP contribution is -2.52. The van der Waals surface area contributed by atoms with Crippen LogP contribution in [-0.4, -0.2) is 32.8 Å². The van der Waals surface area contributed by atoms with Crippen molar-refractivity contribution in [2.45, 2.75) is 76.9 Å². The Morgan fingerprint density at radius 3 is 2.50 bits per heavy atom. The molecule has 136 valence electrons. The minimum Gasteiger partial charge on any atom is -0.459 e.